The third-order valence-electron chi connectivity index (χ3n) is 2.65. The van der Waals surface area contributed by atoms with Crippen molar-refractivity contribution in [2.45, 2.75) is 26.4 Å². The smallest absolute Gasteiger partial charge is 0.412 e. The third kappa shape index (κ3) is 3.91. The molecule has 7 nitrogen and oxygen atoms in total. The number of nitrogens with one attached hydrogen (secondary N) is 1. The minimum atomic E-state index is -0.575. The summed E-state index contributed by atoms with van der Waals surface area (Å²) in [5.74, 6) is 0.984. The van der Waals surface area contributed by atoms with Crippen molar-refractivity contribution in [2.75, 3.05) is 18.2 Å². The second-order valence-electron chi connectivity index (χ2n) is 5.60. The van der Waals surface area contributed by atoms with Crippen LogP contribution in [0.15, 0.2) is 28.8 Å². The molecule has 3 N–H and O–H groups in total. The minimum absolute atomic E-state index is 0.0879. The van der Waals surface area contributed by atoms with Crippen LogP contribution >= 0.6 is 0 Å². The van der Waals surface area contributed by atoms with Gasteiger partial charge in [-0.2, -0.15) is 0 Å². The summed E-state index contributed by atoms with van der Waals surface area (Å²) >= 11 is 0. The zero-order valence-corrected chi connectivity index (χ0v) is 13.0. The van der Waals surface area contributed by atoms with Crippen molar-refractivity contribution in [1.82, 2.24) is 4.98 Å². The van der Waals surface area contributed by atoms with Crippen LogP contribution in [-0.4, -0.2) is 23.8 Å². The fourth-order valence-corrected chi connectivity index (χ4v) is 1.78. The molecule has 0 spiro atoms. The van der Waals surface area contributed by atoms with E-state index in [4.69, 9.17) is 19.6 Å². The highest BCUT2D eigenvalue weighted by Gasteiger charge is 2.18. The van der Waals surface area contributed by atoms with Gasteiger partial charge in [0.15, 0.2) is 5.76 Å². The normalized spacial score (nSPS) is 11.1. The van der Waals surface area contributed by atoms with Gasteiger partial charge in [-0.3, -0.25) is 5.32 Å². The maximum Gasteiger partial charge on any atom is 0.412 e. The Bertz CT molecular complexity index is 674. The van der Waals surface area contributed by atoms with Gasteiger partial charge in [-0.1, -0.05) is 0 Å². The third-order valence-corrected chi connectivity index (χ3v) is 2.65. The van der Waals surface area contributed by atoms with Gasteiger partial charge in [-0.05, 0) is 39.0 Å². The van der Waals surface area contributed by atoms with E-state index in [0.717, 1.165) is 5.56 Å². The highest BCUT2D eigenvalue weighted by molar-refractivity contribution is 5.87. The summed E-state index contributed by atoms with van der Waals surface area (Å²) in [4.78, 5) is 15.7. The fraction of sp³-hybridized carbons (Fsp3) is 0.333. The van der Waals surface area contributed by atoms with Crippen LogP contribution in [0, 0.1) is 0 Å². The molecule has 7 heteroatoms. The second kappa shape index (κ2) is 5.97. The lowest BCUT2D eigenvalue weighted by molar-refractivity contribution is 0.0635. The van der Waals surface area contributed by atoms with Gasteiger partial charge in [-0.15, -0.1) is 0 Å². The van der Waals surface area contributed by atoms with Gasteiger partial charge in [0, 0.05) is 5.56 Å². The minimum Gasteiger partial charge on any atom is -0.495 e. The zero-order chi connectivity index (χ0) is 16.3. The molecule has 0 aliphatic carbocycles. The maximum atomic E-state index is 11.8. The van der Waals surface area contributed by atoms with E-state index in [1.807, 2.05) is 0 Å². The van der Waals surface area contributed by atoms with E-state index in [-0.39, 0.29) is 6.01 Å². The number of hydrogen-bond donors (Lipinski definition) is 2. The van der Waals surface area contributed by atoms with Crippen molar-refractivity contribution in [3.05, 3.63) is 24.4 Å². The number of nitrogens with zero attached hydrogens (tertiary/aromatic N) is 1. The number of carbonyl (C=O) groups is 1. The van der Waals surface area contributed by atoms with Gasteiger partial charge in [0.25, 0.3) is 6.01 Å². The van der Waals surface area contributed by atoms with Crippen LogP contribution in [0.25, 0.3) is 11.3 Å². The van der Waals surface area contributed by atoms with E-state index >= 15 is 0 Å². The van der Waals surface area contributed by atoms with Gasteiger partial charge < -0.3 is 19.6 Å². The van der Waals surface area contributed by atoms with Gasteiger partial charge >= 0.3 is 6.09 Å². The Balaban J connectivity index is 2.21. The first-order chi connectivity index (χ1) is 10.3. The highest BCUT2D eigenvalue weighted by atomic mass is 16.6. The zero-order valence-electron chi connectivity index (χ0n) is 13.0. The number of ether oxygens (including phenoxy) is 2. The SMILES string of the molecule is COc1cc(-c2cnc(N)o2)ccc1NC(=O)OC(C)(C)C. The number of methoxy groups -OCH3 is 1. The molecule has 0 saturated carbocycles. The molecule has 0 radical (unpaired) electrons. The van der Waals surface area contributed by atoms with Gasteiger partial charge in [0.1, 0.15) is 11.4 Å². The number of nitrogens with two attached hydrogens (primary N) is 1. The number of oxazole rings is 1. The molecular formula is C15H19N3O4. The average molecular weight is 305 g/mol. The van der Waals surface area contributed by atoms with Gasteiger partial charge in [0.05, 0.1) is 19.0 Å². The standard InChI is InChI=1S/C15H19N3O4/c1-15(2,3)22-14(19)18-10-6-5-9(7-11(10)20-4)12-8-17-13(16)21-12/h5-8H,1-4H3,(H2,16,17)(H,18,19). The molecule has 1 amide bonds. The van der Waals surface area contributed by atoms with E-state index in [0.29, 0.717) is 17.2 Å². The number of aromatic nitrogens is 1. The van der Waals surface area contributed by atoms with Crippen molar-refractivity contribution in [3.8, 4) is 17.1 Å². The number of rotatable bonds is 3. The molecule has 0 aliphatic rings. The molecule has 2 rings (SSSR count). The first-order valence-corrected chi connectivity index (χ1v) is 6.68. The van der Waals surface area contributed by atoms with Crippen LogP contribution in [0.5, 0.6) is 5.75 Å². The van der Waals surface area contributed by atoms with E-state index in [9.17, 15) is 4.79 Å². The van der Waals surface area contributed by atoms with Gasteiger partial charge in [0.2, 0.25) is 0 Å². The quantitative estimate of drug-likeness (QED) is 0.902. The number of nitrogen functional groups attached to an aromatic ring is 1. The summed E-state index contributed by atoms with van der Waals surface area (Å²) in [5.41, 5.74) is 6.11. The first-order valence-electron chi connectivity index (χ1n) is 6.68. The lowest BCUT2D eigenvalue weighted by Crippen LogP contribution is -2.27. The van der Waals surface area contributed by atoms with Crippen LogP contribution in [0.1, 0.15) is 20.8 Å². The Labute approximate surface area is 128 Å². The summed E-state index contributed by atoms with van der Waals surface area (Å²) < 4.78 is 15.7. The molecule has 0 aliphatic heterocycles. The topological polar surface area (TPSA) is 99.6 Å². The van der Waals surface area contributed by atoms with Crippen molar-refractivity contribution >= 4 is 17.8 Å². The molecule has 1 aromatic heterocycles. The highest BCUT2D eigenvalue weighted by Crippen LogP contribution is 2.31. The molecule has 0 saturated heterocycles. The van der Waals surface area contributed by atoms with Crippen LogP contribution in [0.2, 0.25) is 0 Å². The molecular weight excluding hydrogens is 286 g/mol. The number of hydrogen-bond acceptors (Lipinski definition) is 6. The second-order valence-corrected chi connectivity index (χ2v) is 5.60. The molecule has 1 aromatic carbocycles. The predicted molar refractivity (Wildman–Crippen MR) is 82.8 cm³/mol. The number of anilines is 2. The largest absolute Gasteiger partial charge is 0.495 e. The molecule has 22 heavy (non-hydrogen) atoms. The molecule has 0 unspecified atom stereocenters. The average Bonchev–Trinajstić information content (AvgIpc) is 2.83. The Morgan fingerprint density at radius 2 is 2.09 bits per heavy atom. The van der Waals surface area contributed by atoms with E-state index < -0.39 is 11.7 Å². The van der Waals surface area contributed by atoms with Crippen molar-refractivity contribution in [1.29, 1.82) is 0 Å². The number of benzene rings is 1. The Kier molecular flexibility index (Phi) is 4.25. The summed E-state index contributed by atoms with van der Waals surface area (Å²) in [6, 6.07) is 5.25. The van der Waals surface area contributed by atoms with E-state index in [2.05, 4.69) is 10.3 Å². The molecule has 1 heterocycles. The summed E-state index contributed by atoms with van der Waals surface area (Å²) in [7, 11) is 1.51. The molecule has 2 aromatic rings. The number of carbonyl (C=O) groups excluding carboxylic acids is 1. The van der Waals surface area contributed by atoms with Crippen LogP contribution in [0.3, 0.4) is 0 Å². The van der Waals surface area contributed by atoms with Crippen LogP contribution < -0.4 is 15.8 Å². The van der Waals surface area contributed by atoms with E-state index in [1.165, 1.54) is 13.3 Å². The Morgan fingerprint density at radius 1 is 1.36 bits per heavy atom. The van der Waals surface area contributed by atoms with Crippen molar-refractivity contribution in [2.24, 2.45) is 0 Å². The summed E-state index contributed by atoms with van der Waals surface area (Å²) in [6.07, 6.45) is 0.966. The van der Waals surface area contributed by atoms with Gasteiger partial charge in [-0.25, -0.2) is 9.78 Å². The van der Waals surface area contributed by atoms with Crippen LogP contribution in [-0.2, 0) is 4.74 Å². The first kappa shape index (κ1) is 15.7. The van der Waals surface area contributed by atoms with E-state index in [1.54, 1.807) is 39.0 Å². The van der Waals surface area contributed by atoms with Crippen LogP contribution in [0.4, 0.5) is 16.5 Å². The van der Waals surface area contributed by atoms with Crippen molar-refractivity contribution in [3.63, 3.8) is 0 Å². The molecule has 0 atom stereocenters. The van der Waals surface area contributed by atoms with Crippen molar-refractivity contribution < 1.29 is 18.7 Å². The predicted octanol–water partition coefficient (Wildman–Crippen LogP) is 3.28. The molecule has 0 bridgehead atoms. The monoisotopic (exact) mass is 305 g/mol. The fourth-order valence-electron chi connectivity index (χ4n) is 1.78. The Hall–Kier alpha value is -2.70. The molecule has 118 valence electrons. The Morgan fingerprint density at radius 3 is 2.64 bits per heavy atom. The molecule has 0 fully saturated rings. The lowest BCUT2D eigenvalue weighted by Gasteiger charge is -2.20. The maximum absolute atomic E-state index is 11.8. The summed E-state index contributed by atoms with van der Waals surface area (Å²) in [5, 5.41) is 2.64. The lowest BCUT2D eigenvalue weighted by atomic mass is 10.1. The number of amides is 1. The summed E-state index contributed by atoms with van der Waals surface area (Å²) in [6.45, 7) is 5.38.